The number of pyridine rings is 1. The van der Waals surface area contributed by atoms with Gasteiger partial charge in [-0.25, -0.2) is 4.79 Å². The van der Waals surface area contributed by atoms with E-state index in [0.717, 1.165) is 5.39 Å². The van der Waals surface area contributed by atoms with E-state index in [9.17, 15) is 9.59 Å². The van der Waals surface area contributed by atoms with E-state index in [0.29, 0.717) is 39.9 Å². The Labute approximate surface area is 189 Å². The summed E-state index contributed by atoms with van der Waals surface area (Å²) in [7, 11) is 0. The van der Waals surface area contributed by atoms with Crippen molar-refractivity contribution < 1.29 is 13.9 Å². The summed E-state index contributed by atoms with van der Waals surface area (Å²) in [5, 5.41) is 4.23. The van der Waals surface area contributed by atoms with E-state index in [-0.39, 0.29) is 24.7 Å². The molecule has 164 valence electrons. The van der Waals surface area contributed by atoms with E-state index in [4.69, 9.17) is 20.8 Å². The van der Waals surface area contributed by atoms with Crippen molar-refractivity contribution in [3.8, 4) is 5.75 Å². The number of urea groups is 1. The van der Waals surface area contributed by atoms with Crippen LogP contribution in [0.2, 0.25) is 5.02 Å². The lowest BCUT2D eigenvalue weighted by Crippen LogP contribution is -2.35. The zero-order valence-electron chi connectivity index (χ0n) is 17.4. The van der Waals surface area contributed by atoms with Crippen LogP contribution in [0.3, 0.4) is 0 Å². The maximum atomic E-state index is 13.1. The monoisotopic (exact) mass is 451 g/mol. The highest BCUT2D eigenvalue weighted by Gasteiger charge is 2.18. The zero-order chi connectivity index (χ0) is 22.5. The number of aromatic nitrogens is 1. The van der Waals surface area contributed by atoms with Gasteiger partial charge in [-0.05, 0) is 67.6 Å². The van der Waals surface area contributed by atoms with Gasteiger partial charge in [-0.1, -0.05) is 11.6 Å². The molecule has 8 heteroatoms. The highest BCUT2D eigenvalue weighted by Crippen LogP contribution is 2.21. The first kappa shape index (κ1) is 21.5. The number of fused-ring (bicyclic) bond motifs is 1. The van der Waals surface area contributed by atoms with Crippen molar-refractivity contribution in [2.75, 3.05) is 11.9 Å². The average Bonchev–Trinajstić information content (AvgIpc) is 3.29. The quantitative estimate of drug-likeness (QED) is 0.393. The third kappa shape index (κ3) is 5.12. The number of anilines is 1. The van der Waals surface area contributed by atoms with Crippen molar-refractivity contribution in [1.29, 1.82) is 0 Å². The normalized spacial score (nSPS) is 10.8. The number of H-pyrrole nitrogens is 1. The largest absolute Gasteiger partial charge is 0.494 e. The number of rotatable bonds is 7. The lowest BCUT2D eigenvalue weighted by atomic mass is 10.1. The van der Waals surface area contributed by atoms with Crippen LogP contribution in [-0.4, -0.2) is 22.5 Å². The highest BCUT2D eigenvalue weighted by molar-refractivity contribution is 6.30. The zero-order valence-corrected chi connectivity index (χ0v) is 18.2. The van der Waals surface area contributed by atoms with E-state index in [2.05, 4.69) is 10.3 Å². The minimum Gasteiger partial charge on any atom is -0.494 e. The Kier molecular flexibility index (Phi) is 6.47. The Hall–Kier alpha value is -3.71. The second-order valence-electron chi connectivity index (χ2n) is 7.18. The van der Waals surface area contributed by atoms with E-state index < -0.39 is 0 Å². The second-order valence-corrected chi connectivity index (χ2v) is 7.61. The van der Waals surface area contributed by atoms with Crippen LogP contribution in [0, 0.1) is 0 Å². The highest BCUT2D eigenvalue weighted by atomic mass is 35.5. The van der Waals surface area contributed by atoms with Gasteiger partial charge < -0.3 is 24.4 Å². The molecule has 0 bridgehead atoms. The molecule has 0 aliphatic heterocycles. The van der Waals surface area contributed by atoms with Crippen molar-refractivity contribution >= 4 is 34.2 Å². The molecular formula is C24H22ClN3O4. The first-order chi connectivity index (χ1) is 15.5. The van der Waals surface area contributed by atoms with Crippen molar-refractivity contribution in [1.82, 2.24) is 9.88 Å². The van der Waals surface area contributed by atoms with Crippen LogP contribution in [0.4, 0.5) is 10.5 Å². The first-order valence-corrected chi connectivity index (χ1v) is 10.5. The molecule has 2 aromatic heterocycles. The van der Waals surface area contributed by atoms with Crippen molar-refractivity contribution in [2.24, 2.45) is 0 Å². The number of carbonyl (C=O) groups is 1. The number of hydrogen-bond acceptors (Lipinski definition) is 4. The summed E-state index contributed by atoms with van der Waals surface area (Å²) >= 11 is 5.93. The number of benzene rings is 2. The fourth-order valence-corrected chi connectivity index (χ4v) is 3.46. The number of nitrogens with zero attached hydrogens (tertiary/aromatic N) is 1. The third-order valence-corrected chi connectivity index (χ3v) is 5.13. The van der Waals surface area contributed by atoms with Crippen LogP contribution < -0.4 is 15.6 Å². The molecule has 2 heterocycles. The molecule has 4 aromatic rings. The summed E-state index contributed by atoms with van der Waals surface area (Å²) in [6.45, 7) is 2.74. The summed E-state index contributed by atoms with van der Waals surface area (Å²) in [4.78, 5) is 30.2. The molecule has 32 heavy (non-hydrogen) atoms. The molecule has 2 aromatic carbocycles. The molecule has 0 unspecified atom stereocenters. The number of aromatic amines is 1. The van der Waals surface area contributed by atoms with Crippen molar-refractivity contribution in [3.05, 3.63) is 93.6 Å². The number of halogens is 1. The van der Waals surface area contributed by atoms with Crippen molar-refractivity contribution in [2.45, 2.75) is 20.0 Å². The Morgan fingerprint density at radius 2 is 1.94 bits per heavy atom. The molecule has 2 N–H and O–H groups in total. The van der Waals surface area contributed by atoms with Gasteiger partial charge >= 0.3 is 6.03 Å². The lowest BCUT2D eigenvalue weighted by molar-refractivity contribution is 0.201. The van der Waals surface area contributed by atoms with E-state index >= 15 is 0 Å². The summed E-state index contributed by atoms with van der Waals surface area (Å²) in [6.07, 6.45) is 1.54. The molecule has 4 rings (SSSR count). The van der Waals surface area contributed by atoms with Gasteiger partial charge in [0.1, 0.15) is 11.5 Å². The Morgan fingerprint density at radius 3 is 2.66 bits per heavy atom. The topological polar surface area (TPSA) is 87.6 Å². The van der Waals surface area contributed by atoms with Gasteiger partial charge in [0, 0.05) is 27.2 Å². The van der Waals surface area contributed by atoms with Gasteiger partial charge in [0.2, 0.25) is 0 Å². The maximum Gasteiger partial charge on any atom is 0.322 e. The molecule has 0 saturated heterocycles. The number of carbonyl (C=O) groups excluding carboxylic acids is 1. The number of nitrogens with one attached hydrogen (secondary N) is 2. The molecule has 7 nitrogen and oxygen atoms in total. The minimum absolute atomic E-state index is 0.0876. The summed E-state index contributed by atoms with van der Waals surface area (Å²) < 4.78 is 11.0. The van der Waals surface area contributed by atoms with Crippen LogP contribution in [0.5, 0.6) is 5.75 Å². The Morgan fingerprint density at radius 1 is 1.12 bits per heavy atom. The van der Waals surface area contributed by atoms with Gasteiger partial charge in [0.25, 0.3) is 5.56 Å². The number of amides is 2. The number of ether oxygens (including phenoxy) is 1. The SMILES string of the molecule is CCOc1ccc2[nH]c(=O)c(CN(Cc3ccco3)C(=O)Nc3ccc(Cl)cc3)cc2c1. The molecule has 2 amide bonds. The predicted octanol–water partition coefficient (Wildman–Crippen LogP) is 5.41. The van der Waals surface area contributed by atoms with Crippen LogP contribution in [0.1, 0.15) is 18.2 Å². The second kappa shape index (κ2) is 9.62. The Bertz CT molecular complexity index is 1270. The third-order valence-electron chi connectivity index (χ3n) is 4.87. The van der Waals surface area contributed by atoms with Gasteiger partial charge in [-0.3, -0.25) is 4.79 Å². The molecule has 0 fully saturated rings. The van der Waals surface area contributed by atoms with Gasteiger partial charge in [0.05, 0.1) is 26.0 Å². The molecule has 0 spiro atoms. The van der Waals surface area contributed by atoms with Gasteiger partial charge in [-0.15, -0.1) is 0 Å². The summed E-state index contributed by atoms with van der Waals surface area (Å²) in [5.41, 5.74) is 1.48. The van der Waals surface area contributed by atoms with Crippen LogP contribution >= 0.6 is 11.6 Å². The molecule has 0 saturated carbocycles. The molecule has 0 radical (unpaired) electrons. The van der Waals surface area contributed by atoms with Crippen LogP contribution in [0.25, 0.3) is 10.9 Å². The van der Waals surface area contributed by atoms with E-state index in [1.54, 1.807) is 54.8 Å². The minimum atomic E-state index is -0.369. The predicted molar refractivity (Wildman–Crippen MR) is 124 cm³/mol. The first-order valence-electron chi connectivity index (χ1n) is 10.1. The standard InChI is InChI=1S/C24H22ClN3O4/c1-2-31-20-9-10-22-16(13-20)12-17(23(29)27-22)14-28(15-21-4-3-11-32-21)24(30)26-19-7-5-18(25)6-8-19/h3-13H,2,14-15H2,1H3,(H,26,30)(H,27,29). The smallest absolute Gasteiger partial charge is 0.322 e. The number of hydrogen-bond donors (Lipinski definition) is 2. The molecule has 0 aliphatic rings. The van der Waals surface area contributed by atoms with E-state index in [1.807, 2.05) is 19.1 Å². The maximum absolute atomic E-state index is 13.1. The van der Waals surface area contributed by atoms with Crippen molar-refractivity contribution in [3.63, 3.8) is 0 Å². The average molecular weight is 452 g/mol. The van der Waals surface area contributed by atoms with Crippen LogP contribution in [0.15, 0.2) is 76.1 Å². The lowest BCUT2D eigenvalue weighted by Gasteiger charge is -2.22. The molecule has 0 atom stereocenters. The summed E-state index contributed by atoms with van der Waals surface area (Å²) in [5.74, 6) is 1.32. The molecular weight excluding hydrogens is 430 g/mol. The van der Waals surface area contributed by atoms with E-state index in [1.165, 1.54) is 4.90 Å². The number of furan rings is 1. The molecule has 0 aliphatic carbocycles. The fraction of sp³-hybridized carbons (Fsp3) is 0.167. The summed E-state index contributed by atoms with van der Waals surface area (Å²) in [6, 6.07) is 17.2. The van der Waals surface area contributed by atoms with Crippen LogP contribution in [-0.2, 0) is 13.1 Å². The van der Waals surface area contributed by atoms with Gasteiger partial charge in [-0.2, -0.15) is 0 Å². The fourth-order valence-electron chi connectivity index (χ4n) is 3.34. The Balaban J connectivity index is 1.62. The van der Waals surface area contributed by atoms with Gasteiger partial charge in [0.15, 0.2) is 0 Å².